The molecule has 0 aromatic heterocycles. The fourth-order valence-electron chi connectivity index (χ4n) is 2.42. The summed E-state index contributed by atoms with van der Waals surface area (Å²) in [5.74, 6) is -0.791. The van der Waals surface area contributed by atoms with Gasteiger partial charge in [-0.25, -0.2) is 0 Å². The highest BCUT2D eigenvalue weighted by Crippen LogP contribution is 2.63. The highest BCUT2D eigenvalue weighted by molar-refractivity contribution is 5.09. The second-order valence-electron chi connectivity index (χ2n) is 3.91. The maximum absolute atomic E-state index is 9.41. The van der Waals surface area contributed by atoms with Crippen LogP contribution >= 0.6 is 0 Å². The van der Waals surface area contributed by atoms with Crippen LogP contribution in [0.15, 0.2) is 0 Å². The molecule has 0 aromatic carbocycles. The molecule has 2 heteroatoms. The molecular weight excluding hydrogens is 128 g/mol. The van der Waals surface area contributed by atoms with E-state index in [1.807, 2.05) is 0 Å². The largest absolute Gasteiger partial charge is 0.365 e. The Bertz CT molecular complexity index is 161. The summed E-state index contributed by atoms with van der Waals surface area (Å²) >= 11 is 0. The molecule has 2 saturated carbocycles. The van der Waals surface area contributed by atoms with Crippen LogP contribution in [0.1, 0.15) is 32.6 Å². The number of hydrogen-bond acceptors (Lipinski definition) is 2. The van der Waals surface area contributed by atoms with Crippen LogP contribution in [0.3, 0.4) is 0 Å². The summed E-state index contributed by atoms with van der Waals surface area (Å²) in [5, 5.41) is 18.8. The monoisotopic (exact) mass is 142 g/mol. The summed E-state index contributed by atoms with van der Waals surface area (Å²) in [6.07, 6.45) is 3.78. The highest BCUT2D eigenvalue weighted by Gasteiger charge is 2.64. The molecule has 2 rings (SSSR count). The molecule has 2 atom stereocenters. The van der Waals surface area contributed by atoms with Crippen molar-refractivity contribution in [1.82, 2.24) is 0 Å². The first-order valence-electron chi connectivity index (χ1n) is 4.03. The molecule has 0 heterocycles. The molecule has 0 amide bonds. The van der Waals surface area contributed by atoms with Gasteiger partial charge >= 0.3 is 0 Å². The molecule has 2 nitrogen and oxygen atoms in total. The average Bonchev–Trinajstić information content (AvgIpc) is 1.83. The van der Waals surface area contributed by atoms with Crippen LogP contribution in [0.25, 0.3) is 0 Å². The van der Waals surface area contributed by atoms with Crippen LogP contribution in [0.5, 0.6) is 0 Å². The lowest BCUT2D eigenvalue weighted by atomic mass is 9.47. The van der Waals surface area contributed by atoms with Crippen LogP contribution in [0.4, 0.5) is 0 Å². The predicted molar refractivity (Wildman–Crippen MR) is 37.2 cm³/mol. The molecule has 2 fully saturated rings. The van der Waals surface area contributed by atoms with Gasteiger partial charge in [0.15, 0.2) is 5.79 Å². The van der Waals surface area contributed by atoms with Crippen molar-refractivity contribution in [3.63, 3.8) is 0 Å². The molecule has 2 N–H and O–H groups in total. The standard InChI is InChI=1S/C8H14O2/c1-6-2-3-7(6)4-5-8(7,9)10/h6,9-10H,2-5H2,1H3. The van der Waals surface area contributed by atoms with Crippen molar-refractivity contribution in [2.75, 3.05) is 0 Å². The lowest BCUT2D eigenvalue weighted by molar-refractivity contribution is -0.346. The Morgan fingerprint density at radius 2 is 1.90 bits per heavy atom. The van der Waals surface area contributed by atoms with Gasteiger partial charge in [-0.1, -0.05) is 6.92 Å². The molecule has 0 radical (unpaired) electrons. The van der Waals surface area contributed by atoms with Gasteiger partial charge in [-0.15, -0.1) is 0 Å². The molecule has 0 aromatic rings. The second kappa shape index (κ2) is 1.56. The Labute approximate surface area is 60.9 Å². The summed E-state index contributed by atoms with van der Waals surface area (Å²) in [6, 6.07) is 0. The topological polar surface area (TPSA) is 40.5 Å². The summed E-state index contributed by atoms with van der Waals surface area (Å²) in [7, 11) is 0. The van der Waals surface area contributed by atoms with Crippen molar-refractivity contribution in [2.45, 2.75) is 38.4 Å². The van der Waals surface area contributed by atoms with Crippen molar-refractivity contribution < 1.29 is 10.2 Å². The van der Waals surface area contributed by atoms with Crippen molar-refractivity contribution in [3.8, 4) is 0 Å². The third-order valence-corrected chi connectivity index (χ3v) is 3.68. The molecular formula is C8H14O2. The average molecular weight is 142 g/mol. The second-order valence-corrected chi connectivity index (χ2v) is 3.91. The van der Waals surface area contributed by atoms with E-state index in [2.05, 4.69) is 6.92 Å². The van der Waals surface area contributed by atoms with Gasteiger partial charge in [-0.2, -0.15) is 0 Å². The smallest absolute Gasteiger partial charge is 0.168 e. The van der Waals surface area contributed by atoms with Gasteiger partial charge in [-0.05, 0) is 25.2 Å². The van der Waals surface area contributed by atoms with Gasteiger partial charge in [0.2, 0.25) is 0 Å². The number of hydrogen-bond donors (Lipinski definition) is 2. The third-order valence-electron chi connectivity index (χ3n) is 3.68. The molecule has 10 heavy (non-hydrogen) atoms. The zero-order valence-electron chi connectivity index (χ0n) is 6.30. The van der Waals surface area contributed by atoms with Crippen LogP contribution in [0.2, 0.25) is 0 Å². The fourth-order valence-corrected chi connectivity index (χ4v) is 2.42. The van der Waals surface area contributed by atoms with E-state index in [0.29, 0.717) is 12.3 Å². The Kier molecular flexibility index (Phi) is 1.03. The molecule has 2 aliphatic rings. The quantitative estimate of drug-likeness (QED) is 0.493. The zero-order valence-corrected chi connectivity index (χ0v) is 6.30. The molecule has 0 aliphatic heterocycles. The van der Waals surface area contributed by atoms with Gasteiger partial charge in [0.25, 0.3) is 0 Å². The maximum Gasteiger partial charge on any atom is 0.168 e. The minimum Gasteiger partial charge on any atom is -0.365 e. The van der Waals surface area contributed by atoms with Crippen molar-refractivity contribution >= 4 is 0 Å². The van der Waals surface area contributed by atoms with E-state index in [0.717, 1.165) is 12.8 Å². The Morgan fingerprint density at radius 3 is 1.90 bits per heavy atom. The van der Waals surface area contributed by atoms with Crippen molar-refractivity contribution in [2.24, 2.45) is 11.3 Å². The fraction of sp³-hybridized carbons (Fsp3) is 1.00. The van der Waals surface area contributed by atoms with Gasteiger partial charge < -0.3 is 10.2 Å². The van der Waals surface area contributed by atoms with Crippen LogP contribution in [-0.4, -0.2) is 16.0 Å². The molecule has 0 bridgehead atoms. The first kappa shape index (κ1) is 6.62. The highest BCUT2D eigenvalue weighted by atomic mass is 16.5. The van der Waals surface area contributed by atoms with E-state index >= 15 is 0 Å². The summed E-state index contributed by atoms with van der Waals surface area (Å²) in [5.41, 5.74) is -0.0903. The summed E-state index contributed by atoms with van der Waals surface area (Å²) in [4.78, 5) is 0. The Morgan fingerprint density at radius 1 is 1.20 bits per heavy atom. The molecule has 0 saturated heterocycles. The van der Waals surface area contributed by atoms with Crippen LogP contribution in [0, 0.1) is 11.3 Å². The van der Waals surface area contributed by atoms with E-state index in [1.54, 1.807) is 0 Å². The minimum atomic E-state index is -1.31. The third kappa shape index (κ3) is 0.487. The molecule has 1 spiro atoms. The summed E-state index contributed by atoms with van der Waals surface area (Å²) < 4.78 is 0. The molecule has 2 aliphatic carbocycles. The molecule has 2 unspecified atom stereocenters. The normalized spacial score (nSPS) is 50.1. The van der Waals surface area contributed by atoms with Gasteiger partial charge in [-0.3, -0.25) is 0 Å². The van der Waals surface area contributed by atoms with Crippen molar-refractivity contribution in [3.05, 3.63) is 0 Å². The van der Waals surface area contributed by atoms with Crippen LogP contribution < -0.4 is 0 Å². The zero-order chi connectivity index (χ0) is 7.41. The SMILES string of the molecule is CC1CCC12CCC2(O)O. The van der Waals surface area contributed by atoms with E-state index in [4.69, 9.17) is 0 Å². The first-order chi connectivity index (χ1) is 4.58. The number of aliphatic hydroxyl groups is 2. The van der Waals surface area contributed by atoms with E-state index in [-0.39, 0.29) is 5.41 Å². The molecule has 58 valence electrons. The number of rotatable bonds is 0. The van der Waals surface area contributed by atoms with Gasteiger partial charge in [0.1, 0.15) is 0 Å². The van der Waals surface area contributed by atoms with E-state index < -0.39 is 5.79 Å². The van der Waals surface area contributed by atoms with Gasteiger partial charge in [0, 0.05) is 11.8 Å². The minimum absolute atomic E-state index is 0.0903. The van der Waals surface area contributed by atoms with Crippen molar-refractivity contribution in [1.29, 1.82) is 0 Å². The van der Waals surface area contributed by atoms with Crippen LogP contribution in [-0.2, 0) is 0 Å². The lowest BCUT2D eigenvalue weighted by Crippen LogP contribution is -2.64. The predicted octanol–water partition coefficient (Wildman–Crippen LogP) is 0.877. The lowest BCUT2D eigenvalue weighted by Gasteiger charge is -2.62. The summed E-state index contributed by atoms with van der Waals surface area (Å²) in [6.45, 7) is 2.11. The first-order valence-corrected chi connectivity index (χ1v) is 4.03. The maximum atomic E-state index is 9.41. The van der Waals surface area contributed by atoms with Gasteiger partial charge in [0.05, 0.1) is 0 Å². The van der Waals surface area contributed by atoms with E-state index in [9.17, 15) is 10.2 Å². The Hall–Kier alpha value is -0.0800. The van der Waals surface area contributed by atoms with E-state index in [1.165, 1.54) is 6.42 Å². The Balaban J connectivity index is 2.17.